The highest BCUT2D eigenvalue weighted by atomic mass is 32.2. The number of aryl methyl sites for hydroxylation is 1. The van der Waals surface area contributed by atoms with Crippen LogP contribution in [0.3, 0.4) is 0 Å². The SMILES string of the molecule is CSCc1ccc(C(=O)N[C@H](CCn2cncn2)c2ccccc2)o1. The van der Waals surface area contributed by atoms with E-state index in [9.17, 15) is 4.79 Å². The molecule has 0 saturated heterocycles. The Morgan fingerprint density at radius 2 is 2.12 bits per heavy atom. The minimum Gasteiger partial charge on any atom is -0.455 e. The van der Waals surface area contributed by atoms with Crippen molar-refractivity contribution < 1.29 is 9.21 Å². The third kappa shape index (κ3) is 4.73. The molecule has 0 saturated carbocycles. The number of nitrogens with one attached hydrogen (secondary N) is 1. The van der Waals surface area contributed by atoms with Gasteiger partial charge in [0.2, 0.25) is 0 Å². The molecule has 0 bridgehead atoms. The third-order valence-corrected chi connectivity index (χ3v) is 4.37. The Morgan fingerprint density at radius 3 is 2.84 bits per heavy atom. The number of benzene rings is 1. The Kier molecular flexibility index (Phi) is 5.90. The van der Waals surface area contributed by atoms with E-state index in [4.69, 9.17) is 4.42 Å². The number of hydrogen-bond donors (Lipinski definition) is 1. The second-order valence-electron chi connectivity index (χ2n) is 5.58. The molecule has 1 aromatic carbocycles. The van der Waals surface area contributed by atoms with Gasteiger partial charge >= 0.3 is 0 Å². The lowest BCUT2D eigenvalue weighted by molar-refractivity contribution is 0.0904. The van der Waals surface area contributed by atoms with Crippen LogP contribution in [0.1, 0.15) is 34.3 Å². The predicted molar refractivity (Wildman–Crippen MR) is 97.2 cm³/mol. The molecule has 1 N–H and O–H groups in total. The summed E-state index contributed by atoms with van der Waals surface area (Å²) in [4.78, 5) is 16.5. The Balaban J connectivity index is 1.70. The first kappa shape index (κ1) is 17.3. The molecule has 2 aromatic heterocycles. The maximum absolute atomic E-state index is 12.6. The highest BCUT2D eigenvalue weighted by Gasteiger charge is 2.18. The Morgan fingerprint density at radius 1 is 1.28 bits per heavy atom. The van der Waals surface area contributed by atoms with Crippen molar-refractivity contribution in [2.24, 2.45) is 0 Å². The van der Waals surface area contributed by atoms with Crippen molar-refractivity contribution in [2.75, 3.05) is 6.26 Å². The average Bonchev–Trinajstić information content (AvgIpc) is 3.31. The molecule has 1 atom stereocenters. The number of thioether (sulfide) groups is 1. The Labute approximate surface area is 150 Å². The number of rotatable bonds is 8. The zero-order chi connectivity index (χ0) is 17.5. The van der Waals surface area contributed by atoms with Crippen molar-refractivity contribution in [2.45, 2.75) is 24.8 Å². The van der Waals surface area contributed by atoms with Crippen molar-refractivity contribution >= 4 is 17.7 Å². The van der Waals surface area contributed by atoms with Crippen LogP contribution in [0.4, 0.5) is 0 Å². The van der Waals surface area contributed by atoms with Gasteiger partial charge in [0, 0.05) is 6.54 Å². The zero-order valence-corrected chi connectivity index (χ0v) is 14.8. The Bertz CT molecular complexity index is 787. The van der Waals surface area contributed by atoms with Gasteiger partial charge in [-0.05, 0) is 30.4 Å². The van der Waals surface area contributed by atoms with Gasteiger partial charge < -0.3 is 9.73 Å². The average molecular weight is 356 g/mol. The molecule has 0 spiro atoms. The van der Waals surface area contributed by atoms with E-state index in [1.807, 2.05) is 42.7 Å². The second-order valence-corrected chi connectivity index (χ2v) is 6.45. The molecule has 0 unspecified atom stereocenters. The lowest BCUT2D eigenvalue weighted by Gasteiger charge is -2.18. The van der Waals surface area contributed by atoms with E-state index >= 15 is 0 Å². The normalized spacial score (nSPS) is 12.0. The van der Waals surface area contributed by atoms with E-state index in [1.54, 1.807) is 28.8 Å². The van der Waals surface area contributed by atoms with Crippen LogP contribution in [-0.2, 0) is 12.3 Å². The first-order valence-corrected chi connectivity index (χ1v) is 9.41. The number of carbonyl (C=O) groups excluding carboxylic acids is 1. The van der Waals surface area contributed by atoms with Crippen LogP contribution in [0.15, 0.2) is 59.5 Å². The molecule has 1 amide bonds. The van der Waals surface area contributed by atoms with Gasteiger partial charge in [0.25, 0.3) is 5.91 Å². The van der Waals surface area contributed by atoms with E-state index < -0.39 is 0 Å². The summed E-state index contributed by atoms with van der Waals surface area (Å²) >= 11 is 1.66. The van der Waals surface area contributed by atoms with E-state index in [-0.39, 0.29) is 11.9 Å². The van der Waals surface area contributed by atoms with Gasteiger partial charge in [-0.15, -0.1) is 0 Å². The second kappa shape index (κ2) is 8.53. The molecule has 130 valence electrons. The van der Waals surface area contributed by atoms with Crippen LogP contribution in [0.5, 0.6) is 0 Å². The van der Waals surface area contributed by atoms with E-state index in [0.717, 1.165) is 17.1 Å². The highest BCUT2D eigenvalue weighted by Crippen LogP contribution is 2.19. The number of nitrogens with zero attached hydrogens (tertiary/aromatic N) is 3. The van der Waals surface area contributed by atoms with E-state index in [2.05, 4.69) is 15.4 Å². The van der Waals surface area contributed by atoms with Gasteiger partial charge in [0.05, 0.1) is 11.8 Å². The van der Waals surface area contributed by atoms with Gasteiger partial charge in [-0.3, -0.25) is 9.48 Å². The lowest BCUT2D eigenvalue weighted by Crippen LogP contribution is -2.29. The molecule has 3 rings (SSSR count). The molecule has 0 aliphatic carbocycles. The quantitative estimate of drug-likeness (QED) is 0.670. The monoisotopic (exact) mass is 356 g/mol. The zero-order valence-electron chi connectivity index (χ0n) is 14.0. The molecule has 0 aliphatic rings. The minimum atomic E-state index is -0.209. The summed E-state index contributed by atoms with van der Waals surface area (Å²) in [5, 5.41) is 7.18. The van der Waals surface area contributed by atoms with Gasteiger partial charge in [-0.2, -0.15) is 16.9 Å². The first-order chi connectivity index (χ1) is 12.3. The van der Waals surface area contributed by atoms with Gasteiger partial charge in [0.15, 0.2) is 5.76 Å². The first-order valence-electron chi connectivity index (χ1n) is 8.02. The number of carbonyl (C=O) groups is 1. The summed E-state index contributed by atoms with van der Waals surface area (Å²) in [5.74, 6) is 1.68. The Hall–Kier alpha value is -2.54. The number of amides is 1. The molecule has 0 aliphatic heterocycles. The van der Waals surface area contributed by atoms with Crippen LogP contribution in [0.2, 0.25) is 0 Å². The van der Waals surface area contributed by atoms with Crippen LogP contribution < -0.4 is 5.32 Å². The van der Waals surface area contributed by atoms with Crippen molar-refractivity contribution in [3.63, 3.8) is 0 Å². The molecule has 6 nitrogen and oxygen atoms in total. The van der Waals surface area contributed by atoms with Gasteiger partial charge in [-0.1, -0.05) is 30.3 Å². The molecule has 3 aromatic rings. The summed E-state index contributed by atoms with van der Waals surface area (Å²) in [6.07, 6.45) is 5.88. The number of furan rings is 1. The summed E-state index contributed by atoms with van der Waals surface area (Å²) in [7, 11) is 0. The van der Waals surface area contributed by atoms with Crippen LogP contribution in [0.25, 0.3) is 0 Å². The molecular formula is C18H20N4O2S. The van der Waals surface area contributed by atoms with E-state index in [1.165, 1.54) is 6.33 Å². The maximum Gasteiger partial charge on any atom is 0.287 e. The lowest BCUT2D eigenvalue weighted by atomic mass is 10.0. The predicted octanol–water partition coefficient (Wildman–Crippen LogP) is 3.30. The van der Waals surface area contributed by atoms with Crippen molar-refractivity contribution in [3.05, 3.63) is 72.2 Å². The van der Waals surface area contributed by atoms with Crippen molar-refractivity contribution in [1.29, 1.82) is 0 Å². The number of aromatic nitrogens is 3. The van der Waals surface area contributed by atoms with Crippen LogP contribution in [-0.4, -0.2) is 26.9 Å². The maximum atomic E-state index is 12.6. The summed E-state index contributed by atoms with van der Waals surface area (Å²) in [6, 6.07) is 13.3. The molecule has 0 fully saturated rings. The van der Waals surface area contributed by atoms with Gasteiger partial charge in [0.1, 0.15) is 18.4 Å². The van der Waals surface area contributed by atoms with Gasteiger partial charge in [-0.25, -0.2) is 4.98 Å². The smallest absolute Gasteiger partial charge is 0.287 e. The number of hydrogen-bond acceptors (Lipinski definition) is 5. The summed E-state index contributed by atoms with van der Waals surface area (Å²) in [5.41, 5.74) is 1.05. The fourth-order valence-corrected chi connectivity index (χ4v) is 3.01. The topological polar surface area (TPSA) is 73.0 Å². The molecule has 25 heavy (non-hydrogen) atoms. The molecule has 2 heterocycles. The largest absolute Gasteiger partial charge is 0.455 e. The van der Waals surface area contributed by atoms with E-state index in [0.29, 0.717) is 18.7 Å². The minimum absolute atomic E-state index is 0.132. The summed E-state index contributed by atoms with van der Waals surface area (Å²) in [6.45, 7) is 0.662. The third-order valence-electron chi connectivity index (χ3n) is 3.79. The fourth-order valence-electron chi connectivity index (χ4n) is 2.57. The van der Waals surface area contributed by atoms with Crippen molar-refractivity contribution in [3.8, 4) is 0 Å². The standard InChI is InChI=1S/C18H20N4O2S/c1-25-11-15-7-8-17(24-15)18(23)21-16(14-5-3-2-4-6-14)9-10-22-13-19-12-20-22/h2-8,12-13,16H,9-11H2,1H3,(H,21,23)/t16-/m1/s1. The summed E-state index contributed by atoms with van der Waals surface area (Å²) < 4.78 is 7.37. The van der Waals surface area contributed by atoms with Crippen molar-refractivity contribution in [1.82, 2.24) is 20.1 Å². The molecular weight excluding hydrogens is 336 g/mol. The van der Waals surface area contributed by atoms with Crippen LogP contribution >= 0.6 is 11.8 Å². The fraction of sp³-hybridized carbons (Fsp3) is 0.278. The highest BCUT2D eigenvalue weighted by molar-refractivity contribution is 7.97. The molecule has 7 heteroatoms. The molecule has 0 radical (unpaired) electrons. The van der Waals surface area contributed by atoms with Crippen LogP contribution in [0, 0.1) is 0 Å².